The number of nitrogens with one attached hydrogen (secondary N) is 2. The second-order valence-corrected chi connectivity index (χ2v) is 8.74. The van der Waals surface area contributed by atoms with E-state index in [1.54, 1.807) is 18.2 Å². The van der Waals surface area contributed by atoms with Gasteiger partial charge in [-0.05, 0) is 43.5 Å². The van der Waals surface area contributed by atoms with Gasteiger partial charge in [0.2, 0.25) is 5.75 Å². The van der Waals surface area contributed by atoms with Crippen molar-refractivity contribution < 1.29 is 29.2 Å². The lowest BCUT2D eigenvalue weighted by Gasteiger charge is -2.30. The molecular weight excluding hydrogens is 476 g/mol. The van der Waals surface area contributed by atoms with E-state index in [1.807, 2.05) is 30.3 Å². The Balaban J connectivity index is 1.58. The number of methoxy groups -OCH3 is 2. The quantitative estimate of drug-likeness (QED) is 0.326. The Morgan fingerprint density at radius 2 is 1.81 bits per heavy atom. The Labute approximate surface area is 215 Å². The topological polar surface area (TPSA) is 135 Å². The number of rotatable bonds is 10. The van der Waals surface area contributed by atoms with E-state index in [0.717, 1.165) is 31.5 Å². The molecule has 1 atom stereocenters. The first kappa shape index (κ1) is 26.2. The number of aromatic hydroxyl groups is 2. The molecule has 1 amide bonds. The number of benzene rings is 2. The maximum Gasteiger partial charge on any atom is 0.274 e. The Hall–Kier alpha value is -3.89. The summed E-state index contributed by atoms with van der Waals surface area (Å²) in [6.07, 6.45) is 1.07. The summed E-state index contributed by atoms with van der Waals surface area (Å²) in [4.78, 5) is 21.6. The molecule has 0 bridgehead atoms. The number of hydrogen-bond acceptors (Lipinski definition) is 9. The molecule has 1 fully saturated rings. The molecule has 4 N–H and O–H groups in total. The standard InChI is InChI=1S/C27H32N4O6/c1-35-20-10-6-9-19(23(20)36-2)15-29-26(33)21-22(32)27(34)31-25(30-21)24(18-11-13-28-14-12-18)37-16-17-7-4-3-5-8-17/h3-10,18,24,28,32H,11-16H2,1-2H3,(H,29,33)(H,30,31,34). The van der Waals surface area contributed by atoms with E-state index in [9.17, 15) is 15.0 Å². The van der Waals surface area contributed by atoms with E-state index in [2.05, 4.69) is 20.6 Å². The predicted octanol–water partition coefficient (Wildman–Crippen LogP) is 3.09. The third-order valence-corrected chi connectivity index (χ3v) is 6.36. The molecular formula is C27H32N4O6. The molecule has 2 heterocycles. The fourth-order valence-corrected chi connectivity index (χ4v) is 4.43. The van der Waals surface area contributed by atoms with E-state index in [0.29, 0.717) is 23.7 Å². The molecule has 0 radical (unpaired) electrons. The number of hydrogen-bond donors (Lipinski definition) is 4. The van der Waals surface area contributed by atoms with Crippen LogP contribution in [0.2, 0.25) is 0 Å². The highest BCUT2D eigenvalue weighted by atomic mass is 16.5. The maximum absolute atomic E-state index is 13.1. The molecule has 1 unspecified atom stereocenters. The van der Waals surface area contributed by atoms with Crippen molar-refractivity contribution in [2.75, 3.05) is 27.3 Å². The van der Waals surface area contributed by atoms with E-state index in [4.69, 9.17) is 14.2 Å². The molecule has 196 valence electrons. The third-order valence-electron chi connectivity index (χ3n) is 6.36. The summed E-state index contributed by atoms with van der Waals surface area (Å²) >= 11 is 0. The van der Waals surface area contributed by atoms with Crippen LogP contribution >= 0.6 is 0 Å². The number of carbonyl (C=O) groups excluding carboxylic acids is 1. The van der Waals surface area contributed by atoms with Gasteiger partial charge < -0.3 is 35.1 Å². The van der Waals surface area contributed by atoms with Gasteiger partial charge in [-0.3, -0.25) is 4.79 Å². The molecule has 10 nitrogen and oxygen atoms in total. The summed E-state index contributed by atoms with van der Waals surface area (Å²) in [6.45, 7) is 2.03. The van der Waals surface area contributed by atoms with Crippen LogP contribution in [0.3, 0.4) is 0 Å². The van der Waals surface area contributed by atoms with Crippen molar-refractivity contribution in [3.63, 3.8) is 0 Å². The molecule has 1 aromatic heterocycles. The van der Waals surface area contributed by atoms with Crippen LogP contribution in [0.1, 0.15) is 46.4 Å². The highest BCUT2D eigenvalue weighted by molar-refractivity contribution is 5.95. The van der Waals surface area contributed by atoms with Crippen molar-refractivity contribution in [1.29, 1.82) is 0 Å². The number of ether oxygens (including phenoxy) is 3. The SMILES string of the molecule is COc1cccc(CNC(=O)c2nc(C(OCc3ccccc3)C3CCNCC3)nc(O)c2O)c1OC. The lowest BCUT2D eigenvalue weighted by molar-refractivity contribution is -0.0162. The fraction of sp³-hybridized carbons (Fsp3) is 0.370. The lowest BCUT2D eigenvalue weighted by Crippen LogP contribution is -2.33. The molecule has 3 aromatic rings. The van der Waals surface area contributed by atoms with Crippen LogP contribution in [0.25, 0.3) is 0 Å². The van der Waals surface area contributed by atoms with Crippen molar-refractivity contribution in [2.24, 2.45) is 5.92 Å². The number of nitrogens with zero attached hydrogens (tertiary/aromatic N) is 2. The highest BCUT2D eigenvalue weighted by Crippen LogP contribution is 2.35. The van der Waals surface area contributed by atoms with Crippen molar-refractivity contribution in [2.45, 2.75) is 32.1 Å². The van der Waals surface area contributed by atoms with Gasteiger partial charge in [0.1, 0.15) is 6.10 Å². The van der Waals surface area contributed by atoms with Gasteiger partial charge in [0, 0.05) is 12.1 Å². The molecule has 0 spiro atoms. The fourth-order valence-electron chi connectivity index (χ4n) is 4.43. The van der Waals surface area contributed by atoms with E-state index >= 15 is 0 Å². The zero-order valence-electron chi connectivity index (χ0n) is 20.9. The average molecular weight is 509 g/mol. The minimum absolute atomic E-state index is 0.0749. The van der Waals surface area contributed by atoms with Crippen LogP contribution in [-0.2, 0) is 17.9 Å². The molecule has 0 aliphatic carbocycles. The second-order valence-electron chi connectivity index (χ2n) is 8.74. The lowest BCUT2D eigenvalue weighted by atomic mass is 9.91. The van der Waals surface area contributed by atoms with Gasteiger partial charge in [0.05, 0.1) is 20.8 Å². The van der Waals surface area contributed by atoms with E-state index in [1.165, 1.54) is 14.2 Å². The smallest absolute Gasteiger partial charge is 0.274 e. The zero-order valence-corrected chi connectivity index (χ0v) is 20.9. The predicted molar refractivity (Wildman–Crippen MR) is 136 cm³/mol. The first-order chi connectivity index (χ1) is 18.0. The van der Waals surface area contributed by atoms with Crippen molar-refractivity contribution in [1.82, 2.24) is 20.6 Å². The van der Waals surface area contributed by atoms with Crippen molar-refractivity contribution >= 4 is 5.91 Å². The summed E-state index contributed by atoms with van der Waals surface area (Å²) in [6, 6.07) is 15.0. The van der Waals surface area contributed by atoms with Gasteiger partial charge >= 0.3 is 0 Å². The number of amides is 1. The molecule has 0 saturated carbocycles. The first-order valence-corrected chi connectivity index (χ1v) is 12.2. The molecule has 1 aliphatic heterocycles. The first-order valence-electron chi connectivity index (χ1n) is 12.2. The van der Waals surface area contributed by atoms with Gasteiger partial charge in [0.25, 0.3) is 11.8 Å². The van der Waals surface area contributed by atoms with Crippen molar-refractivity contribution in [3.8, 4) is 23.1 Å². The Kier molecular flexibility index (Phi) is 8.76. The van der Waals surface area contributed by atoms with Crippen LogP contribution < -0.4 is 20.1 Å². The Bertz CT molecular complexity index is 1200. The van der Waals surface area contributed by atoms with Crippen LogP contribution in [0.15, 0.2) is 48.5 Å². The minimum atomic E-state index is -0.689. The zero-order chi connectivity index (χ0) is 26.2. The van der Waals surface area contributed by atoms with Gasteiger partial charge in [-0.25, -0.2) is 4.98 Å². The van der Waals surface area contributed by atoms with Gasteiger partial charge in [-0.15, -0.1) is 0 Å². The molecule has 37 heavy (non-hydrogen) atoms. The average Bonchev–Trinajstić information content (AvgIpc) is 2.94. The summed E-state index contributed by atoms with van der Waals surface area (Å²) in [5.74, 6) is -0.788. The molecule has 4 rings (SSSR count). The Morgan fingerprint density at radius 1 is 1.05 bits per heavy atom. The third kappa shape index (κ3) is 6.28. The van der Waals surface area contributed by atoms with Gasteiger partial charge in [-0.1, -0.05) is 42.5 Å². The summed E-state index contributed by atoms with van der Waals surface area (Å²) < 4.78 is 17.0. The van der Waals surface area contributed by atoms with Crippen LogP contribution in [0.4, 0.5) is 0 Å². The Morgan fingerprint density at radius 3 is 2.51 bits per heavy atom. The monoisotopic (exact) mass is 508 g/mol. The number of para-hydroxylation sites is 1. The van der Waals surface area contributed by atoms with E-state index < -0.39 is 23.6 Å². The highest BCUT2D eigenvalue weighted by Gasteiger charge is 2.31. The minimum Gasteiger partial charge on any atom is -0.501 e. The molecule has 10 heteroatoms. The number of piperidine rings is 1. The van der Waals surface area contributed by atoms with Gasteiger partial charge in [0.15, 0.2) is 23.0 Å². The largest absolute Gasteiger partial charge is 0.501 e. The van der Waals surface area contributed by atoms with Crippen LogP contribution in [0.5, 0.6) is 23.1 Å². The van der Waals surface area contributed by atoms with Gasteiger partial charge in [-0.2, -0.15) is 4.98 Å². The van der Waals surface area contributed by atoms with Crippen molar-refractivity contribution in [3.05, 3.63) is 71.2 Å². The second kappa shape index (κ2) is 12.4. The molecule has 1 aliphatic rings. The summed E-state index contributed by atoms with van der Waals surface area (Å²) in [5.41, 5.74) is 1.33. The summed E-state index contributed by atoms with van der Waals surface area (Å²) in [7, 11) is 3.04. The normalized spacial score (nSPS) is 14.6. The molecule has 2 aromatic carbocycles. The number of carbonyl (C=O) groups is 1. The molecule has 1 saturated heterocycles. The number of aromatic nitrogens is 2. The summed E-state index contributed by atoms with van der Waals surface area (Å²) in [5, 5.41) is 26.9. The van der Waals surface area contributed by atoms with E-state index in [-0.39, 0.29) is 24.0 Å². The van der Waals surface area contributed by atoms with Crippen LogP contribution in [0, 0.1) is 5.92 Å². The maximum atomic E-state index is 13.1. The van der Waals surface area contributed by atoms with Crippen LogP contribution in [-0.4, -0.2) is 53.4 Å².